The molecule has 1 aromatic heterocycles. The van der Waals surface area contributed by atoms with Gasteiger partial charge in [0.15, 0.2) is 5.78 Å². The van der Waals surface area contributed by atoms with Gasteiger partial charge >= 0.3 is 0 Å². The van der Waals surface area contributed by atoms with Gasteiger partial charge in [-0.25, -0.2) is 4.39 Å². The van der Waals surface area contributed by atoms with E-state index in [1.807, 2.05) is 42.2 Å². The number of nitrogens with zero attached hydrogens (tertiary/aromatic N) is 2. The molecule has 0 radical (unpaired) electrons. The van der Waals surface area contributed by atoms with Crippen LogP contribution >= 0.6 is 0 Å². The molecule has 2 heterocycles. The van der Waals surface area contributed by atoms with Gasteiger partial charge in [-0.05, 0) is 65.4 Å². The highest BCUT2D eigenvalue weighted by Gasteiger charge is 2.24. The summed E-state index contributed by atoms with van der Waals surface area (Å²) in [7, 11) is 0. The molecule has 0 atom stereocenters. The van der Waals surface area contributed by atoms with E-state index >= 15 is 0 Å². The molecular weight excluding hydrogens is 379 g/mol. The minimum absolute atomic E-state index is 0.113. The van der Waals surface area contributed by atoms with Crippen LogP contribution in [0.3, 0.4) is 0 Å². The third kappa shape index (κ3) is 4.01. The first-order valence-electron chi connectivity index (χ1n) is 10.2. The number of aryl methyl sites for hydroxylation is 1. The number of benzene rings is 2. The number of ketones is 1. The van der Waals surface area contributed by atoms with Gasteiger partial charge < -0.3 is 4.90 Å². The molecule has 0 N–H and O–H groups in total. The number of carbonyl (C=O) groups excluding carboxylic acids is 2. The van der Waals surface area contributed by atoms with E-state index in [2.05, 4.69) is 4.98 Å². The van der Waals surface area contributed by atoms with Crippen LogP contribution < -0.4 is 4.90 Å². The molecule has 3 aromatic rings. The fourth-order valence-electron chi connectivity index (χ4n) is 3.89. The quantitative estimate of drug-likeness (QED) is 0.545. The first kappa shape index (κ1) is 20.0. The first-order chi connectivity index (χ1) is 14.6. The van der Waals surface area contributed by atoms with Crippen molar-refractivity contribution in [3.8, 4) is 11.1 Å². The van der Waals surface area contributed by atoms with E-state index < -0.39 is 5.82 Å². The average molecular weight is 402 g/mol. The number of rotatable bonds is 6. The maximum absolute atomic E-state index is 14.7. The fourth-order valence-corrected chi connectivity index (χ4v) is 3.89. The molecule has 0 aliphatic carbocycles. The zero-order valence-electron chi connectivity index (χ0n) is 16.9. The molecule has 30 heavy (non-hydrogen) atoms. The van der Waals surface area contributed by atoms with Gasteiger partial charge in [0.2, 0.25) is 5.91 Å². The first-order valence-corrected chi connectivity index (χ1v) is 10.2. The SMILES string of the molecule is CCC(=O)N1CCc2cc(-c3ccc(C(=O)CCc4cccnc4)c(F)c3)ccc21. The van der Waals surface area contributed by atoms with Crippen LogP contribution in [0.15, 0.2) is 60.9 Å². The molecular formula is C25H23FN2O2. The summed E-state index contributed by atoms with van der Waals surface area (Å²) in [4.78, 5) is 30.4. The molecule has 5 heteroatoms. The van der Waals surface area contributed by atoms with E-state index in [9.17, 15) is 14.0 Å². The number of halogens is 1. The summed E-state index contributed by atoms with van der Waals surface area (Å²) in [5.74, 6) is -0.612. The number of anilines is 1. The van der Waals surface area contributed by atoms with E-state index in [4.69, 9.17) is 0 Å². The van der Waals surface area contributed by atoms with Crippen molar-refractivity contribution >= 4 is 17.4 Å². The van der Waals surface area contributed by atoms with Gasteiger partial charge in [0.1, 0.15) is 5.82 Å². The van der Waals surface area contributed by atoms with Gasteiger partial charge in [0.25, 0.3) is 0 Å². The molecule has 152 valence electrons. The Balaban J connectivity index is 1.51. The van der Waals surface area contributed by atoms with Crippen LogP contribution in [0.1, 0.15) is 41.3 Å². The van der Waals surface area contributed by atoms with Crippen LogP contribution in [0.2, 0.25) is 0 Å². The van der Waals surface area contributed by atoms with Gasteiger partial charge in [0.05, 0.1) is 5.56 Å². The topological polar surface area (TPSA) is 50.3 Å². The maximum atomic E-state index is 14.7. The zero-order valence-corrected chi connectivity index (χ0v) is 16.9. The Hall–Kier alpha value is -3.34. The van der Waals surface area contributed by atoms with Crippen molar-refractivity contribution in [2.75, 3.05) is 11.4 Å². The molecule has 0 fully saturated rings. The summed E-state index contributed by atoms with van der Waals surface area (Å²) < 4.78 is 14.7. The summed E-state index contributed by atoms with van der Waals surface area (Å²) in [5, 5.41) is 0. The normalized spacial score (nSPS) is 12.7. The van der Waals surface area contributed by atoms with E-state index in [1.165, 1.54) is 6.07 Å². The van der Waals surface area contributed by atoms with E-state index in [0.717, 1.165) is 34.4 Å². The van der Waals surface area contributed by atoms with E-state index in [1.54, 1.807) is 24.5 Å². The average Bonchev–Trinajstić information content (AvgIpc) is 3.21. The van der Waals surface area contributed by atoms with Crippen molar-refractivity contribution < 1.29 is 14.0 Å². The Labute approximate surface area is 175 Å². The number of fused-ring (bicyclic) bond motifs is 1. The summed E-state index contributed by atoms with van der Waals surface area (Å²) >= 11 is 0. The van der Waals surface area contributed by atoms with E-state index in [-0.39, 0.29) is 23.7 Å². The Morgan fingerprint density at radius 2 is 1.90 bits per heavy atom. The molecule has 1 amide bonds. The molecule has 0 saturated heterocycles. The maximum Gasteiger partial charge on any atom is 0.226 e. The molecule has 0 saturated carbocycles. The van der Waals surface area contributed by atoms with Crippen LogP contribution in [0.4, 0.5) is 10.1 Å². The molecule has 1 aliphatic rings. The van der Waals surface area contributed by atoms with Gasteiger partial charge in [0, 0.05) is 37.5 Å². The second kappa shape index (κ2) is 8.57. The second-order valence-corrected chi connectivity index (χ2v) is 7.47. The molecule has 1 aliphatic heterocycles. The van der Waals surface area contributed by atoms with Crippen molar-refractivity contribution in [1.82, 2.24) is 4.98 Å². The minimum atomic E-state index is -0.507. The van der Waals surface area contributed by atoms with Crippen LogP contribution in [-0.2, 0) is 17.6 Å². The number of hydrogen-bond acceptors (Lipinski definition) is 3. The summed E-state index contributed by atoms with van der Waals surface area (Å²) in [5.41, 5.74) is 4.70. The lowest BCUT2D eigenvalue weighted by Gasteiger charge is -2.16. The number of pyridine rings is 1. The summed E-state index contributed by atoms with van der Waals surface area (Å²) in [6, 6.07) is 14.3. The van der Waals surface area contributed by atoms with Crippen molar-refractivity contribution in [1.29, 1.82) is 0 Å². The molecule has 0 unspecified atom stereocenters. The van der Waals surface area contributed by atoms with Gasteiger partial charge in [-0.2, -0.15) is 0 Å². The largest absolute Gasteiger partial charge is 0.312 e. The Morgan fingerprint density at radius 3 is 2.63 bits per heavy atom. The predicted octanol–water partition coefficient (Wildman–Crippen LogP) is 5.00. The zero-order chi connectivity index (χ0) is 21.1. The number of carbonyl (C=O) groups is 2. The van der Waals surface area contributed by atoms with Crippen molar-refractivity contribution in [3.05, 3.63) is 83.4 Å². The Kier molecular flexibility index (Phi) is 5.70. The Morgan fingerprint density at radius 1 is 1.10 bits per heavy atom. The number of Topliss-reactive ketones (excluding diaryl/α,β-unsaturated/α-hetero) is 1. The van der Waals surface area contributed by atoms with Crippen LogP contribution in [0, 0.1) is 5.82 Å². The predicted molar refractivity (Wildman–Crippen MR) is 115 cm³/mol. The van der Waals surface area contributed by atoms with Crippen LogP contribution in [-0.4, -0.2) is 23.2 Å². The lowest BCUT2D eigenvalue weighted by molar-refractivity contribution is -0.118. The third-order valence-corrected chi connectivity index (χ3v) is 5.54. The monoisotopic (exact) mass is 402 g/mol. The van der Waals surface area contributed by atoms with Crippen molar-refractivity contribution in [2.24, 2.45) is 0 Å². The van der Waals surface area contributed by atoms with Crippen LogP contribution in [0.5, 0.6) is 0 Å². The Bertz CT molecular complexity index is 1100. The van der Waals surface area contributed by atoms with Gasteiger partial charge in [-0.1, -0.05) is 25.1 Å². The minimum Gasteiger partial charge on any atom is -0.312 e. The summed E-state index contributed by atoms with van der Waals surface area (Å²) in [6.07, 6.45) is 5.44. The lowest BCUT2D eigenvalue weighted by atomic mass is 9.97. The molecule has 4 nitrogen and oxygen atoms in total. The van der Waals surface area contributed by atoms with Gasteiger partial charge in [-0.15, -0.1) is 0 Å². The highest BCUT2D eigenvalue weighted by Crippen LogP contribution is 2.33. The molecule has 0 bridgehead atoms. The molecule has 0 spiro atoms. The summed E-state index contributed by atoms with van der Waals surface area (Å²) in [6.45, 7) is 2.54. The third-order valence-electron chi connectivity index (χ3n) is 5.54. The van der Waals surface area contributed by atoms with Crippen LogP contribution in [0.25, 0.3) is 11.1 Å². The highest BCUT2D eigenvalue weighted by atomic mass is 19.1. The number of hydrogen-bond donors (Lipinski definition) is 0. The van der Waals surface area contributed by atoms with Gasteiger partial charge in [-0.3, -0.25) is 14.6 Å². The van der Waals surface area contributed by atoms with E-state index in [0.29, 0.717) is 19.4 Å². The standard InChI is InChI=1S/C25H23FN2O2/c1-2-25(30)28-13-11-20-14-18(7-9-23(20)28)19-6-8-21(22(26)15-19)24(29)10-5-17-4-3-12-27-16-17/h3-4,6-9,12,14-16H,2,5,10-11,13H2,1H3. The molecule has 2 aromatic carbocycles. The fraction of sp³-hybridized carbons (Fsp3) is 0.240. The van der Waals surface area contributed by atoms with Crippen molar-refractivity contribution in [3.63, 3.8) is 0 Å². The lowest BCUT2D eigenvalue weighted by Crippen LogP contribution is -2.27. The highest BCUT2D eigenvalue weighted by molar-refractivity contribution is 5.97. The second-order valence-electron chi connectivity index (χ2n) is 7.47. The van der Waals surface area contributed by atoms with Crippen molar-refractivity contribution in [2.45, 2.75) is 32.6 Å². The number of amides is 1. The smallest absolute Gasteiger partial charge is 0.226 e. The number of aromatic nitrogens is 1. The molecule has 4 rings (SSSR count).